The fraction of sp³-hybridized carbons (Fsp3) is 0.692. The van der Waals surface area contributed by atoms with Gasteiger partial charge in [-0.25, -0.2) is 0 Å². The minimum absolute atomic E-state index is 0.930. The van der Waals surface area contributed by atoms with Crippen molar-refractivity contribution in [2.24, 2.45) is 0 Å². The third-order valence-corrected chi connectivity index (χ3v) is 4.88. The van der Waals surface area contributed by atoms with Gasteiger partial charge in [0.15, 0.2) is 0 Å². The van der Waals surface area contributed by atoms with Crippen molar-refractivity contribution in [3.8, 4) is 0 Å². The minimum Gasteiger partial charge on any atom is -0.0921 e. The van der Waals surface area contributed by atoms with Crippen molar-refractivity contribution >= 4 is 16.1 Å². The van der Waals surface area contributed by atoms with Crippen LogP contribution in [0.4, 0.5) is 0 Å². The second-order valence-electron chi connectivity index (χ2n) is 6.98. The van der Waals surface area contributed by atoms with Gasteiger partial charge in [-0.05, 0) is 19.9 Å². The van der Waals surface area contributed by atoms with Gasteiger partial charge in [0.25, 0.3) is 0 Å². The summed E-state index contributed by atoms with van der Waals surface area (Å²) >= 11 is 0. The van der Waals surface area contributed by atoms with Gasteiger partial charge in [0.05, 0.1) is 8.07 Å². The van der Waals surface area contributed by atoms with E-state index in [2.05, 4.69) is 64.9 Å². The normalized spacial score (nSPS) is 15.7. The molecule has 0 amide bonds. The molecule has 0 rings (SSSR count). The first-order valence-corrected chi connectivity index (χ1v) is 13.1. The van der Waals surface area contributed by atoms with Gasteiger partial charge in [0.2, 0.25) is 0 Å². The molecule has 0 aliphatic rings. The number of hydrogen-bond donors (Lipinski definition) is 0. The Labute approximate surface area is 98.5 Å². The molecule has 15 heavy (non-hydrogen) atoms. The molecule has 0 bridgehead atoms. The maximum absolute atomic E-state index is 2.49. The largest absolute Gasteiger partial charge is 0.0921 e. The van der Waals surface area contributed by atoms with E-state index in [1.807, 2.05) is 0 Å². The second kappa shape index (κ2) is 5.31. The molecule has 0 N–H and O–H groups in total. The lowest BCUT2D eigenvalue weighted by molar-refractivity contribution is 1.29. The van der Waals surface area contributed by atoms with E-state index in [1.54, 1.807) is 5.57 Å². The molecule has 0 aromatic heterocycles. The second-order valence-corrected chi connectivity index (χ2v) is 17.5. The number of allylic oxidation sites excluding steroid dienone is 3. The zero-order valence-electron chi connectivity index (χ0n) is 11.9. The third kappa shape index (κ3) is 10.2. The first-order valence-electron chi connectivity index (χ1n) is 5.86. The van der Waals surface area contributed by atoms with Gasteiger partial charge < -0.3 is 0 Å². The summed E-state index contributed by atoms with van der Waals surface area (Å²) in [6.45, 7) is 19.0. The first kappa shape index (κ1) is 14.9. The van der Waals surface area contributed by atoms with Crippen molar-refractivity contribution in [3.05, 3.63) is 22.9 Å². The van der Waals surface area contributed by atoms with Crippen molar-refractivity contribution in [1.29, 1.82) is 0 Å². The smallest absolute Gasteiger partial charge is 0.0690 e. The molecule has 0 nitrogen and oxygen atoms in total. The molecule has 0 heterocycles. The van der Waals surface area contributed by atoms with Gasteiger partial charge in [-0.3, -0.25) is 0 Å². The van der Waals surface area contributed by atoms with Gasteiger partial charge in [-0.1, -0.05) is 62.2 Å². The number of hydrogen-bond acceptors (Lipinski definition) is 0. The van der Waals surface area contributed by atoms with E-state index in [0.29, 0.717) is 0 Å². The Kier molecular flexibility index (Phi) is 5.27. The quantitative estimate of drug-likeness (QED) is 0.474. The maximum atomic E-state index is 2.49. The first-order chi connectivity index (χ1) is 6.49. The summed E-state index contributed by atoms with van der Waals surface area (Å²) in [5.41, 5.74) is 5.51. The summed E-state index contributed by atoms with van der Waals surface area (Å²) in [6.07, 6.45) is 2.39. The highest BCUT2D eigenvalue weighted by Crippen LogP contribution is 2.18. The highest BCUT2D eigenvalue weighted by Gasteiger charge is 2.13. The van der Waals surface area contributed by atoms with Crippen molar-refractivity contribution < 1.29 is 0 Å². The lowest BCUT2D eigenvalue weighted by atomic mass is 10.2. The Morgan fingerprint density at radius 1 is 0.933 bits per heavy atom. The van der Waals surface area contributed by atoms with Crippen LogP contribution in [-0.2, 0) is 0 Å². The maximum Gasteiger partial charge on any atom is 0.0690 e. The molecule has 0 fully saturated rings. The number of rotatable bonds is 4. The molecule has 88 valence electrons. The molecule has 2 heteroatoms. The van der Waals surface area contributed by atoms with Crippen LogP contribution in [0.25, 0.3) is 0 Å². The fourth-order valence-corrected chi connectivity index (χ4v) is 5.23. The van der Waals surface area contributed by atoms with Crippen molar-refractivity contribution in [2.75, 3.05) is 0 Å². The molecule has 0 saturated heterocycles. The zero-order chi connectivity index (χ0) is 12.3. The van der Waals surface area contributed by atoms with Crippen molar-refractivity contribution in [1.82, 2.24) is 0 Å². The van der Waals surface area contributed by atoms with Crippen LogP contribution >= 0.6 is 0 Å². The Balaban J connectivity index is 4.57. The Bertz CT molecular complexity index is 259. The lowest BCUT2D eigenvalue weighted by Gasteiger charge is -2.16. The molecule has 0 aliphatic carbocycles. The average molecular weight is 241 g/mol. The summed E-state index contributed by atoms with van der Waals surface area (Å²) < 4.78 is 0. The topological polar surface area (TPSA) is 0 Å². The van der Waals surface area contributed by atoms with Gasteiger partial charge in [0, 0.05) is 8.07 Å². The summed E-state index contributed by atoms with van der Waals surface area (Å²) in [5.74, 6) is 0. The monoisotopic (exact) mass is 240 g/mol. The van der Waals surface area contributed by atoms with E-state index in [4.69, 9.17) is 0 Å². The summed E-state index contributed by atoms with van der Waals surface area (Å²) in [7, 11) is -1.97. The molecule has 0 unspecified atom stereocenters. The molecule has 0 spiro atoms. The van der Waals surface area contributed by atoms with Crippen molar-refractivity contribution in [2.45, 2.75) is 59.2 Å². The van der Waals surface area contributed by atoms with E-state index < -0.39 is 16.1 Å². The van der Waals surface area contributed by atoms with Gasteiger partial charge in [-0.2, -0.15) is 0 Å². The molecule has 0 radical (unpaired) electrons. The Hall–Kier alpha value is -0.0862. The van der Waals surface area contributed by atoms with Crippen LogP contribution in [0.15, 0.2) is 22.9 Å². The fourth-order valence-electron chi connectivity index (χ4n) is 2.00. The molecular formula is C13H28Si2. The summed E-state index contributed by atoms with van der Waals surface area (Å²) in [5, 5.41) is 0. The molecule has 0 aromatic carbocycles. The zero-order valence-corrected chi connectivity index (χ0v) is 13.9. The van der Waals surface area contributed by atoms with Crippen LogP contribution in [0, 0.1) is 0 Å². The summed E-state index contributed by atoms with van der Waals surface area (Å²) in [4.78, 5) is 0. The third-order valence-electron chi connectivity index (χ3n) is 1.94. The van der Waals surface area contributed by atoms with E-state index in [9.17, 15) is 0 Å². The SMILES string of the molecule is CC(=C[Si](C)(C)C)C=C(C)C[Si](C)(C)C. The Morgan fingerprint density at radius 2 is 1.40 bits per heavy atom. The van der Waals surface area contributed by atoms with Crippen molar-refractivity contribution in [3.63, 3.8) is 0 Å². The minimum atomic E-state index is -1.04. The van der Waals surface area contributed by atoms with E-state index >= 15 is 0 Å². The highest BCUT2D eigenvalue weighted by atomic mass is 28.3. The van der Waals surface area contributed by atoms with Gasteiger partial charge >= 0.3 is 0 Å². The van der Waals surface area contributed by atoms with Gasteiger partial charge in [-0.15, -0.1) is 0 Å². The molecule has 0 aromatic rings. The van der Waals surface area contributed by atoms with E-state index in [1.165, 1.54) is 11.6 Å². The standard InChI is InChI=1S/C13H28Si2/c1-12(10-14(3,4)5)9-13(2)11-15(6,7)8/h9-10H,11H2,1-8H3. The molecular weight excluding hydrogens is 212 g/mol. The predicted octanol–water partition coefficient (Wildman–Crippen LogP) is 5.09. The molecule has 0 saturated carbocycles. The average Bonchev–Trinajstić information content (AvgIpc) is 1.73. The summed E-state index contributed by atoms with van der Waals surface area (Å²) in [6, 6.07) is 1.32. The van der Waals surface area contributed by atoms with Crippen LogP contribution in [-0.4, -0.2) is 16.1 Å². The van der Waals surface area contributed by atoms with Crippen LogP contribution < -0.4 is 0 Å². The lowest BCUT2D eigenvalue weighted by Crippen LogP contribution is -2.19. The molecule has 0 atom stereocenters. The predicted molar refractivity (Wildman–Crippen MR) is 79.0 cm³/mol. The van der Waals surface area contributed by atoms with Crippen LogP contribution in [0.3, 0.4) is 0 Å². The van der Waals surface area contributed by atoms with Crippen LogP contribution in [0.2, 0.25) is 45.3 Å². The van der Waals surface area contributed by atoms with Crippen LogP contribution in [0.1, 0.15) is 13.8 Å². The van der Waals surface area contributed by atoms with Crippen LogP contribution in [0.5, 0.6) is 0 Å². The highest BCUT2D eigenvalue weighted by molar-refractivity contribution is 6.81. The molecule has 0 aliphatic heterocycles. The Morgan fingerprint density at radius 3 is 1.73 bits per heavy atom. The van der Waals surface area contributed by atoms with Gasteiger partial charge in [0.1, 0.15) is 0 Å². The van der Waals surface area contributed by atoms with E-state index in [0.717, 1.165) is 0 Å². The van der Waals surface area contributed by atoms with E-state index in [-0.39, 0.29) is 0 Å².